The topological polar surface area (TPSA) is 61.5 Å². The van der Waals surface area contributed by atoms with Gasteiger partial charge in [-0.1, -0.05) is 32.0 Å². The van der Waals surface area contributed by atoms with E-state index in [1.807, 2.05) is 25.1 Å². The SMILES string of the molecule is CCOc1ccc(C(N)=O)cc1COc1ccccc1C(C)C. The molecular weight excluding hydrogens is 290 g/mol. The molecule has 2 aromatic rings. The fraction of sp³-hybridized carbons (Fsp3) is 0.316. The predicted molar refractivity (Wildman–Crippen MR) is 91.0 cm³/mol. The number of nitrogens with two attached hydrogens (primary N) is 1. The van der Waals surface area contributed by atoms with Crippen molar-refractivity contribution in [1.29, 1.82) is 0 Å². The van der Waals surface area contributed by atoms with Gasteiger partial charge < -0.3 is 15.2 Å². The lowest BCUT2D eigenvalue weighted by atomic mass is 10.0. The molecule has 0 spiro atoms. The van der Waals surface area contributed by atoms with E-state index in [1.54, 1.807) is 18.2 Å². The summed E-state index contributed by atoms with van der Waals surface area (Å²) in [7, 11) is 0. The average Bonchev–Trinajstić information content (AvgIpc) is 2.54. The van der Waals surface area contributed by atoms with Crippen molar-refractivity contribution in [2.45, 2.75) is 33.3 Å². The molecule has 2 aromatic carbocycles. The number of carbonyl (C=O) groups is 1. The first-order valence-corrected chi connectivity index (χ1v) is 7.80. The molecule has 0 aliphatic carbocycles. The minimum absolute atomic E-state index is 0.320. The normalized spacial score (nSPS) is 10.6. The summed E-state index contributed by atoms with van der Waals surface area (Å²) >= 11 is 0. The zero-order chi connectivity index (χ0) is 16.8. The lowest BCUT2D eigenvalue weighted by Gasteiger charge is -2.16. The maximum atomic E-state index is 11.4. The molecule has 0 unspecified atom stereocenters. The van der Waals surface area contributed by atoms with Crippen LogP contribution in [0.3, 0.4) is 0 Å². The number of hydrogen-bond acceptors (Lipinski definition) is 3. The number of carbonyl (C=O) groups excluding carboxylic acids is 1. The van der Waals surface area contributed by atoms with Crippen LogP contribution in [-0.4, -0.2) is 12.5 Å². The summed E-state index contributed by atoms with van der Waals surface area (Å²) in [6.07, 6.45) is 0. The third-order valence-corrected chi connectivity index (χ3v) is 3.57. The molecule has 0 aromatic heterocycles. The molecule has 0 aliphatic rings. The van der Waals surface area contributed by atoms with Crippen molar-refractivity contribution in [2.75, 3.05) is 6.61 Å². The van der Waals surface area contributed by atoms with Crippen LogP contribution in [0.1, 0.15) is 48.2 Å². The lowest BCUT2D eigenvalue weighted by molar-refractivity contribution is 0.1000. The number of rotatable bonds is 7. The maximum Gasteiger partial charge on any atom is 0.248 e. The van der Waals surface area contributed by atoms with Crippen molar-refractivity contribution in [3.05, 3.63) is 59.2 Å². The Kier molecular flexibility index (Phi) is 5.63. The van der Waals surface area contributed by atoms with Gasteiger partial charge in [0, 0.05) is 11.1 Å². The Bertz CT molecular complexity index is 680. The molecule has 0 aliphatic heterocycles. The van der Waals surface area contributed by atoms with Gasteiger partial charge in [-0.15, -0.1) is 0 Å². The molecule has 0 saturated carbocycles. The molecule has 0 radical (unpaired) electrons. The molecule has 2 rings (SSSR count). The summed E-state index contributed by atoms with van der Waals surface area (Å²) in [5.41, 5.74) is 7.76. The Morgan fingerprint density at radius 2 is 1.83 bits per heavy atom. The van der Waals surface area contributed by atoms with Gasteiger partial charge in [0.05, 0.1) is 6.61 Å². The zero-order valence-electron chi connectivity index (χ0n) is 13.8. The number of hydrogen-bond donors (Lipinski definition) is 1. The standard InChI is InChI=1S/C19H23NO3/c1-4-22-17-10-9-14(19(20)21)11-15(17)12-23-18-8-6-5-7-16(18)13(2)3/h5-11,13H,4,12H2,1-3H3,(H2,20,21). The second-order valence-corrected chi connectivity index (χ2v) is 5.60. The fourth-order valence-electron chi connectivity index (χ4n) is 2.39. The van der Waals surface area contributed by atoms with Crippen LogP contribution in [0.2, 0.25) is 0 Å². The monoisotopic (exact) mass is 313 g/mol. The van der Waals surface area contributed by atoms with E-state index in [2.05, 4.69) is 19.9 Å². The molecule has 1 amide bonds. The van der Waals surface area contributed by atoms with E-state index in [4.69, 9.17) is 15.2 Å². The highest BCUT2D eigenvalue weighted by Gasteiger charge is 2.11. The number of primary amides is 1. The second kappa shape index (κ2) is 7.68. The van der Waals surface area contributed by atoms with Crippen LogP contribution in [0.5, 0.6) is 11.5 Å². The van der Waals surface area contributed by atoms with E-state index in [0.29, 0.717) is 30.4 Å². The third-order valence-electron chi connectivity index (χ3n) is 3.57. The van der Waals surface area contributed by atoms with Gasteiger partial charge in [0.25, 0.3) is 0 Å². The van der Waals surface area contributed by atoms with E-state index in [-0.39, 0.29) is 0 Å². The summed E-state index contributed by atoms with van der Waals surface area (Å²) < 4.78 is 11.6. The summed E-state index contributed by atoms with van der Waals surface area (Å²) in [4.78, 5) is 11.4. The number of benzene rings is 2. The highest BCUT2D eigenvalue weighted by atomic mass is 16.5. The molecule has 2 N–H and O–H groups in total. The summed E-state index contributed by atoms with van der Waals surface area (Å²) in [5, 5.41) is 0. The van der Waals surface area contributed by atoms with Gasteiger partial charge in [0.1, 0.15) is 18.1 Å². The van der Waals surface area contributed by atoms with E-state index in [1.165, 1.54) is 0 Å². The van der Waals surface area contributed by atoms with Crippen LogP contribution < -0.4 is 15.2 Å². The van der Waals surface area contributed by atoms with Crippen molar-refractivity contribution in [1.82, 2.24) is 0 Å². The summed E-state index contributed by atoms with van der Waals surface area (Å²) in [5.74, 6) is 1.46. The first-order valence-electron chi connectivity index (χ1n) is 7.80. The van der Waals surface area contributed by atoms with Gasteiger partial charge in [-0.05, 0) is 42.7 Å². The molecule has 23 heavy (non-hydrogen) atoms. The van der Waals surface area contributed by atoms with Crippen LogP contribution in [0.4, 0.5) is 0 Å². The minimum Gasteiger partial charge on any atom is -0.493 e. The Balaban J connectivity index is 2.25. The largest absolute Gasteiger partial charge is 0.493 e. The highest BCUT2D eigenvalue weighted by molar-refractivity contribution is 5.93. The van der Waals surface area contributed by atoms with E-state index < -0.39 is 5.91 Å². The van der Waals surface area contributed by atoms with Gasteiger partial charge in [-0.25, -0.2) is 0 Å². The van der Waals surface area contributed by atoms with Gasteiger partial charge in [-0.3, -0.25) is 4.79 Å². The zero-order valence-corrected chi connectivity index (χ0v) is 13.8. The minimum atomic E-state index is -0.461. The lowest BCUT2D eigenvalue weighted by Crippen LogP contribution is -2.12. The van der Waals surface area contributed by atoms with Crippen molar-refractivity contribution < 1.29 is 14.3 Å². The first kappa shape index (κ1) is 16.9. The molecule has 0 atom stereocenters. The van der Waals surface area contributed by atoms with Gasteiger partial charge in [0.15, 0.2) is 0 Å². The Morgan fingerprint density at radius 3 is 2.48 bits per heavy atom. The van der Waals surface area contributed by atoms with E-state index >= 15 is 0 Å². The number of ether oxygens (including phenoxy) is 2. The van der Waals surface area contributed by atoms with E-state index in [9.17, 15) is 4.79 Å². The van der Waals surface area contributed by atoms with Gasteiger partial charge >= 0.3 is 0 Å². The highest BCUT2D eigenvalue weighted by Crippen LogP contribution is 2.28. The Morgan fingerprint density at radius 1 is 1.09 bits per heavy atom. The molecular formula is C19H23NO3. The number of amides is 1. The number of para-hydroxylation sites is 1. The third kappa shape index (κ3) is 4.25. The molecule has 0 heterocycles. The molecule has 0 bridgehead atoms. The second-order valence-electron chi connectivity index (χ2n) is 5.60. The maximum absolute atomic E-state index is 11.4. The van der Waals surface area contributed by atoms with Crippen LogP contribution in [0.15, 0.2) is 42.5 Å². The molecule has 4 nitrogen and oxygen atoms in total. The van der Waals surface area contributed by atoms with Crippen LogP contribution in [-0.2, 0) is 6.61 Å². The quantitative estimate of drug-likeness (QED) is 0.843. The average molecular weight is 313 g/mol. The van der Waals surface area contributed by atoms with Crippen molar-refractivity contribution in [3.63, 3.8) is 0 Å². The van der Waals surface area contributed by atoms with E-state index in [0.717, 1.165) is 16.9 Å². The Hall–Kier alpha value is -2.49. The van der Waals surface area contributed by atoms with Gasteiger partial charge in [0.2, 0.25) is 5.91 Å². The molecule has 122 valence electrons. The van der Waals surface area contributed by atoms with Crippen LogP contribution in [0, 0.1) is 0 Å². The summed E-state index contributed by atoms with van der Waals surface area (Å²) in [6, 6.07) is 13.1. The molecule has 0 saturated heterocycles. The summed E-state index contributed by atoms with van der Waals surface area (Å²) in [6.45, 7) is 7.04. The van der Waals surface area contributed by atoms with Crippen LogP contribution in [0.25, 0.3) is 0 Å². The molecule has 4 heteroatoms. The first-order chi connectivity index (χ1) is 11.0. The predicted octanol–water partition coefficient (Wildman–Crippen LogP) is 3.89. The van der Waals surface area contributed by atoms with Crippen molar-refractivity contribution in [3.8, 4) is 11.5 Å². The smallest absolute Gasteiger partial charge is 0.248 e. The Labute approximate surface area is 137 Å². The van der Waals surface area contributed by atoms with Crippen LogP contribution >= 0.6 is 0 Å². The van der Waals surface area contributed by atoms with Crippen molar-refractivity contribution >= 4 is 5.91 Å². The molecule has 0 fully saturated rings. The van der Waals surface area contributed by atoms with Crippen molar-refractivity contribution in [2.24, 2.45) is 5.73 Å². The fourth-order valence-corrected chi connectivity index (χ4v) is 2.39. The van der Waals surface area contributed by atoms with Gasteiger partial charge in [-0.2, -0.15) is 0 Å².